The van der Waals surface area contributed by atoms with Crippen LogP contribution in [-0.4, -0.2) is 11.1 Å². The molecule has 1 atom stereocenters. The Morgan fingerprint density at radius 1 is 1.21 bits per heavy atom. The van der Waals surface area contributed by atoms with Gasteiger partial charge in [0.25, 0.3) is 0 Å². The van der Waals surface area contributed by atoms with Gasteiger partial charge in [0, 0.05) is 5.69 Å². The predicted molar refractivity (Wildman–Crippen MR) is 71.3 cm³/mol. The van der Waals surface area contributed by atoms with Crippen LogP contribution >= 0.6 is 0 Å². The first-order chi connectivity index (χ1) is 9.06. The first-order valence-electron chi connectivity index (χ1n) is 5.89. The smallest absolute Gasteiger partial charge is 0.311 e. The molecule has 19 heavy (non-hydrogen) atoms. The lowest BCUT2D eigenvalue weighted by atomic mass is 9.92. The van der Waals surface area contributed by atoms with E-state index in [0.29, 0.717) is 17.7 Å². The number of halogens is 1. The normalized spacial score (nSPS) is 12.1. The van der Waals surface area contributed by atoms with Gasteiger partial charge in [-0.15, -0.1) is 0 Å². The molecule has 2 rings (SSSR count). The molecule has 0 spiro atoms. The summed E-state index contributed by atoms with van der Waals surface area (Å²) >= 11 is 0. The molecule has 0 fully saturated rings. The van der Waals surface area contributed by atoms with Crippen molar-refractivity contribution in [2.75, 3.05) is 5.73 Å². The van der Waals surface area contributed by atoms with Gasteiger partial charge in [-0.25, -0.2) is 4.39 Å². The van der Waals surface area contributed by atoms with E-state index in [9.17, 15) is 14.3 Å². The predicted octanol–water partition coefficient (Wildman–Crippen LogP) is 2.82. The fraction of sp³-hybridized carbons (Fsp3) is 0.133. The monoisotopic (exact) mass is 259 g/mol. The molecule has 3 N–H and O–H groups in total. The number of carboxylic acid groups (broad SMARTS) is 1. The zero-order valence-electron chi connectivity index (χ0n) is 10.2. The van der Waals surface area contributed by atoms with E-state index in [1.165, 1.54) is 24.3 Å². The van der Waals surface area contributed by atoms with Crippen molar-refractivity contribution in [3.05, 3.63) is 65.5 Å². The summed E-state index contributed by atoms with van der Waals surface area (Å²) < 4.78 is 12.9. The molecule has 0 aliphatic rings. The lowest BCUT2D eigenvalue weighted by molar-refractivity contribution is -0.138. The molecule has 0 saturated heterocycles. The fourth-order valence-electron chi connectivity index (χ4n) is 2.00. The van der Waals surface area contributed by atoms with Crippen LogP contribution in [0.1, 0.15) is 17.0 Å². The van der Waals surface area contributed by atoms with Gasteiger partial charge in [0.05, 0.1) is 5.92 Å². The standard InChI is InChI=1S/C15H14FNO2/c16-12-6-4-11(5-7-12)14(15(18)19)9-10-2-1-3-13(17)8-10/h1-8,14H,9,17H2,(H,18,19). The number of benzene rings is 2. The summed E-state index contributed by atoms with van der Waals surface area (Å²) in [6, 6.07) is 12.6. The van der Waals surface area contributed by atoms with Crippen LogP contribution in [0.5, 0.6) is 0 Å². The van der Waals surface area contributed by atoms with Gasteiger partial charge in [-0.1, -0.05) is 24.3 Å². The van der Waals surface area contributed by atoms with E-state index in [-0.39, 0.29) is 5.82 Å². The lowest BCUT2D eigenvalue weighted by Gasteiger charge is -2.13. The van der Waals surface area contributed by atoms with Crippen molar-refractivity contribution in [1.82, 2.24) is 0 Å². The average Bonchev–Trinajstić information content (AvgIpc) is 2.37. The number of nitrogen functional groups attached to an aromatic ring is 1. The molecule has 98 valence electrons. The highest BCUT2D eigenvalue weighted by atomic mass is 19.1. The van der Waals surface area contributed by atoms with Gasteiger partial charge < -0.3 is 10.8 Å². The third-order valence-electron chi connectivity index (χ3n) is 2.96. The number of hydrogen-bond acceptors (Lipinski definition) is 2. The summed E-state index contributed by atoms with van der Waals surface area (Å²) in [6.07, 6.45) is 0.325. The molecule has 0 aliphatic carbocycles. The van der Waals surface area contributed by atoms with Crippen LogP contribution in [0.25, 0.3) is 0 Å². The number of carbonyl (C=O) groups is 1. The highest BCUT2D eigenvalue weighted by Gasteiger charge is 2.20. The third-order valence-corrected chi connectivity index (χ3v) is 2.96. The van der Waals surface area contributed by atoms with Crippen LogP contribution in [0.3, 0.4) is 0 Å². The quantitative estimate of drug-likeness (QED) is 0.830. The molecule has 0 bridgehead atoms. The van der Waals surface area contributed by atoms with Gasteiger partial charge in [-0.05, 0) is 41.8 Å². The zero-order valence-corrected chi connectivity index (χ0v) is 10.2. The van der Waals surface area contributed by atoms with E-state index in [0.717, 1.165) is 5.56 Å². The molecule has 1 unspecified atom stereocenters. The molecule has 0 aliphatic heterocycles. The third kappa shape index (κ3) is 3.31. The van der Waals surface area contributed by atoms with Crippen molar-refractivity contribution in [1.29, 1.82) is 0 Å². The molecule has 0 radical (unpaired) electrons. The minimum absolute atomic E-state index is 0.325. The van der Waals surface area contributed by atoms with Crippen molar-refractivity contribution in [2.45, 2.75) is 12.3 Å². The Morgan fingerprint density at radius 3 is 2.47 bits per heavy atom. The van der Waals surface area contributed by atoms with Crippen molar-refractivity contribution in [3.63, 3.8) is 0 Å². The van der Waals surface area contributed by atoms with E-state index in [2.05, 4.69) is 0 Å². The Kier molecular flexibility index (Phi) is 3.80. The van der Waals surface area contributed by atoms with Crippen molar-refractivity contribution >= 4 is 11.7 Å². The molecule has 0 heterocycles. The van der Waals surface area contributed by atoms with Crippen LogP contribution in [0, 0.1) is 5.82 Å². The molecular weight excluding hydrogens is 245 g/mol. The summed E-state index contributed by atoms with van der Waals surface area (Å²) in [5, 5.41) is 9.30. The molecule has 0 aromatic heterocycles. The van der Waals surface area contributed by atoms with E-state index in [1.54, 1.807) is 18.2 Å². The molecule has 4 heteroatoms. The van der Waals surface area contributed by atoms with Crippen LogP contribution in [0.2, 0.25) is 0 Å². The Labute approximate surface area is 110 Å². The van der Waals surface area contributed by atoms with Gasteiger partial charge in [0.2, 0.25) is 0 Å². The summed E-state index contributed by atoms with van der Waals surface area (Å²) in [5.74, 6) is -2.02. The molecule has 2 aromatic carbocycles. The van der Waals surface area contributed by atoms with Crippen molar-refractivity contribution in [3.8, 4) is 0 Å². The Bertz CT molecular complexity index is 581. The highest BCUT2D eigenvalue weighted by molar-refractivity contribution is 5.76. The summed E-state index contributed by atoms with van der Waals surface area (Å²) in [7, 11) is 0. The Hall–Kier alpha value is -2.36. The number of aliphatic carboxylic acids is 1. The van der Waals surface area contributed by atoms with Crippen molar-refractivity contribution in [2.24, 2.45) is 0 Å². The average molecular weight is 259 g/mol. The number of carboxylic acids is 1. The number of rotatable bonds is 4. The second-order valence-corrected chi connectivity index (χ2v) is 4.39. The molecule has 2 aromatic rings. The summed E-state index contributed by atoms with van der Waals surface area (Å²) in [6.45, 7) is 0. The molecule has 3 nitrogen and oxygen atoms in total. The maximum Gasteiger partial charge on any atom is 0.311 e. The maximum atomic E-state index is 12.9. The van der Waals surface area contributed by atoms with Gasteiger partial charge in [0.15, 0.2) is 0 Å². The Balaban J connectivity index is 2.26. The maximum absolute atomic E-state index is 12.9. The van der Waals surface area contributed by atoms with E-state index < -0.39 is 11.9 Å². The van der Waals surface area contributed by atoms with Gasteiger partial charge in [-0.3, -0.25) is 4.79 Å². The topological polar surface area (TPSA) is 63.3 Å². The van der Waals surface area contributed by atoms with E-state index >= 15 is 0 Å². The highest BCUT2D eigenvalue weighted by Crippen LogP contribution is 2.22. The first-order valence-corrected chi connectivity index (χ1v) is 5.89. The van der Waals surface area contributed by atoms with Crippen LogP contribution in [0.15, 0.2) is 48.5 Å². The van der Waals surface area contributed by atoms with Crippen LogP contribution < -0.4 is 5.73 Å². The largest absolute Gasteiger partial charge is 0.481 e. The minimum Gasteiger partial charge on any atom is -0.481 e. The summed E-state index contributed by atoms with van der Waals surface area (Å²) in [5.41, 5.74) is 7.69. The first kappa shape index (κ1) is 13.1. The Morgan fingerprint density at radius 2 is 1.89 bits per heavy atom. The van der Waals surface area contributed by atoms with Crippen molar-refractivity contribution < 1.29 is 14.3 Å². The number of hydrogen-bond donors (Lipinski definition) is 2. The minimum atomic E-state index is -0.936. The summed E-state index contributed by atoms with van der Waals surface area (Å²) in [4.78, 5) is 11.3. The lowest BCUT2D eigenvalue weighted by Crippen LogP contribution is -2.14. The van der Waals surface area contributed by atoms with Crippen LogP contribution in [-0.2, 0) is 11.2 Å². The fourth-order valence-corrected chi connectivity index (χ4v) is 2.00. The molecule has 0 amide bonds. The van der Waals surface area contributed by atoms with Gasteiger partial charge in [-0.2, -0.15) is 0 Å². The second kappa shape index (κ2) is 5.52. The van der Waals surface area contributed by atoms with Gasteiger partial charge >= 0.3 is 5.97 Å². The second-order valence-electron chi connectivity index (χ2n) is 4.39. The number of nitrogens with two attached hydrogens (primary N) is 1. The van der Waals surface area contributed by atoms with Gasteiger partial charge in [0.1, 0.15) is 5.82 Å². The molecular formula is C15H14FNO2. The molecule has 0 saturated carbocycles. The number of anilines is 1. The SMILES string of the molecule is Nc1cccc(CC(C(=O)O)c2ccc(F)cc2)c1. The van der Waals surface area contributed by atoms with Crippen LogP contribution in [0.4, 0.5) is 10.1 Å². The van der Waals surface area contributed by atoms with E-state index in [4.69, 9.17) is 5.73 Å². The zero-order chi connectivity index (χ0) is 13.8. The van der Waals surface area contributed by atoms with E-state index in [1.807, 2.05) is 6.07 Å².